The van der Waals surface area contributed by atoms with Crippen molar-refractivity contribution in [1.29, 1.82) is 0 Å². The van der Waals surface area contributed by atoms with E-state index in [4.69, 9.17) is 11.6 Å². The second kappa shape index (κ2) is 9.36. The predicted octanol–water partition coefficient (Wildman–Crippen LogP) is 5.74. The van der Waals surface area contributed by atoms with Gasteiger partial charge in [-0.05, 0) is 37.1 Å². The molecule has 0 fully saturated rings. The van der Waals surface area contributed by atoms with Gasteiger partial charge < -0.3 is 5.32 Å². The molecule has 1 aromatic rings. The summed E-state index contributed by atoms with van der Waals surface area (Å²) in [4.78, 5) is 0. The Balaban J connectivity index is 2.84. The monoisotopic (exact) mass is 299 g/mol. The van der Waals surface area contributed by atoms with Gasteiger partial charge in [-0.15, -0.1) is 0 Å². The lowest BCUT2D eigenvalue weighted by atomic mass is 9.89. The van der Waals surface area contributed by atoms with Gasteiger partial charge in [-0.2, -0.15) is 0 Å². The van der Waals surface area contributed by atoms with E-state index < -0.39 is 0 Å². The standard InChI is InChI=1S/C17H27ClFN/c1-4-7-8-13(5-2)11-17(20-6-3)15-12-14(18)9-10-16(15)19/h9-10,12-13,17,20H,4-8,11H2,1-3H3. The first-order chi connectivity index (χ1) is 9.62. The van der Waals surface area contributed by atoms with Crippen molar-refractivity contribution in [1.82, 2.24) is 5.32 Å². The summed E-state index contributed by atoms with van der Waals surface area (Å²) in [5, 5.41) is 4.01. The SMILES string of the molecule is CCCCC(CC)CC(NCC)c1cc(Cl)ccc1F. The van der Waals surface area contributed by atoms with Crippen LogP contribution in [0.4, 0.5) is 4.39 Å². The van der Waals surface area contributed by atoms with E-state index >= 15 is 0 Å². The molecule has 2 atom stereocenters. The number of halogens is 2. The van der Waals surface area contributed by atoms with Crippen molar-refractivity contribution < 1.29 is 4.39 Å². The minimum Gasteiger partial charge on any atom is -0.310 e. The Morgan fingerprint density at radius 2 is 2.00 bits per heavy atom. The molecule has 0 aliphatic rings. The van der Waals surface area contributed by atoms with Gasteiger partial charge in [0.05, 0.1) is 0 Å². The molecule has 0 bridgehead atoms. The Bertz CT molecular complexity index is 395. The maximum absolute atomic E-state index is 14.1. The molecule has 1 N–H and O–H groups in total. The highest BCUT2D eigenvalue weighted by Crippen LogP contribution is 2.29. The molecule has 0 aliphatic carbocycles. The number of unbranched alkanes of at least 4 members (excludes halogenated alkanes) is 1. The van der Waals surface area contributed by atoms with E-state index in [-0.39, 0.29) is 11.9 Å². The summed E-state index contributed by atoms with van der Waals surface area (Å²) in [5.41, 5.74) is 0.703. The first-order valence-corrected chi connectivity index (χ1v) is 8.18. The Hall–Kier alpha value is -0.600. The van der Waals surface area contributed by atoms with Gasteiger partial charge >= 0.3 is 0 Å². The van der Waals surface area contributed by atoms with Gasteiger partial charge in [0, 0.05) is 16.6 Å². The lowest BCUT2D eigenvalue weighted by Crippen LogP contribution is -2.24. The van der Waals surface area contributed by atoms with Crippen LogP contribution in [0.25, 0.3) is 0 Å². The molecular formula is C17H27ClFN. The predicted molar refractivity (Wildman–Crippen MR) is 85.8 cm³/mol. The third kappa shape index (κ3) is 5.41. The summed E-state index contributed by atoms with van der Waals surface area (Å²) in [6.45, 7) is 7.33. The zero-order valence-electron chi connectivity index (χ0n) is 12.9. The Morgan fingerprint density at radius 3 is 2.60 bits per heavy atom. The highest BCUT2D eigenvalue weighted by atomic mass is 35.5. The molecule has 0 radical (unpaired) electrons. The van der Waals surface area contributed by atoms with E-state index in [0.29, 0.717) is 16.5 Å². The summed E-state index contributed by atoms with van der Waals surface area (Å²) < 4.78 is 14.1. The molecule has 2 unspecified atom stereocenters. The lowest BCUT2D eigenvalue weighted by molar-refractivity contribution is 0.351. The van der Waals surface area contributed by atoms with Crippen LogP contribution >= 0.6 is 11.6 Å². The van der Waals surface area contributed by atoms with Gasteiger partial charge in [0.2, 0.25) is 0 Å². The summed E-state index contributed by atoms with van der Waals surface area (Å²) in [6.07, 6.45) is 5.80. The van der Waals surface area contributed by atoms with E-state index in [1.165, 1.54) is 25.3 Å². The van der Waals surface area contributed by atoms with E-state index in [0.717, 1.165) is 19.4 Å². The number of rotatable bonds is 9. The molecule has 114 valence electrons. The Morgan fingerprint density at radius 1 is 1.25 bits per heavy atom. The largest absolute Gasteiger partial charge is 0.310 e. The van der Waals surface area contributed by atoms with Crippen LogP contribution in [0.2, 0.25) is 5.02 Å². The summed E-state index contributed by atoms with van der Waals surface area (Å²) in [6, 6.07) is 4.89. The van der Waals surface area contributed by atoms with Crippen molar-refractivity contribution in [2.24, 2.45) is 5.92 Å². The van der Waals surface area contributed by atoms with Crippen LogP contribution in [0.15, 0.2) is 18.2 Å². The second-order valence-corrected chi connectivity index (χ2v) is 5.86. The number of nitrogens with one attached hydrogen (secondary N) is 1. The molecule has 0 saturated carbocycles. The lowest BCUT2D eigenvalue weighted by Gasteiger charge is -2.24. The number of hydrogen-bond donors (Lipinski definition) is 1. The molecule has 20 heavy (non-hydrogen) atoms. The van der Waals surface area contributed by atoms with Gasteiger partial charge in [-0.1, -0.05) is 58.1 Å². The molecule has 0 saturated heterocycles. The normalized spacial score (nSPS) is 14.2. The van der Waals surface area contributed by atoms with E-state index in [2.05, 4.69) is 26.1 Å². The number of hydrogen-bond acceptors (Lipinski definition) is 1. The van der Waals surface area contributed by atoms with Crippen molar-refractivity contribution in [3.05, 3.63) is 34.6 Å². The molecule has 1 rings (SSSR count). The summed E-state index contributed by atoms with van der Waals surface area (Å²) in [5.74, 6) is 0.475. The zero-order valence-corrected chi connectivity index (χ0v) is 13.6. The van der Waals surface area contributed by atoms with Gasteiger partial charge in [0.15, 0.2) is 0 Å². The van der Waals surface area contributed by atoms with Crippen LogP contribution in [0.5, 0.6) is 0 Å². The topological polar surface area (TPSA) is 12.0 Å². The van der Waals surface area contributed by atoms with Crippen LogP contribution in [-0.4, -0.2) is 6.54 Å². The van der Waals surface area contributed by atoms with Gasteiger partial charge in [-0.3, -0.25) is 0 Å². The van der Waals surface area contributed by atoms with Crippen molar-refractivity contribution >= 4 is 11.6 Å². The maximum atomic E-state index is 14.1. The third-order valence-corrected chi connectivity index (χ3v) is 4.13. The van der Waals surface area contributed by atoms with Gasteiger partial charge in [0.25, 0.3) is 0 Å². The molecule has 0 spiro atoms. The first-order valence-electron chi connectivity index (χ1n) is 7.80. The van der Waals surface area contributed by atoms with E-state index in [1.807, 2.05) is 0 Å². The Labute approximate surface area is 127 Å². The average molecular weight is 300 g/mol. The van der Waals surface area contributed by atoms with Crippen LogP contribution in [0.3, 0.4) is 0 Å². The summed E-state index contributed by atoms with van der Waals surface area (Å²) >= 11 is 6.02. The van der Waals surface area contributed by atoms with Crippen molar-refractivity contribution in [2.75, 3.05) is 6.54 Å². The average Bonchev–Trinajstić information content (AvgIpc) is 2.45. The van der Waals surface area contributed by atoms with Crippen molar-refractivity contribution in [3.8, 4) is 0 Å². The smallest absolute Gasteiger partial charge is 0.128 e. The zero-order chi connectivity index (χ0) is 15.0. The van der Waals surface area contributed by atoms with Crippen molar-refractivity contribution in [2.45, 2.75) is 58.9 Å². The molecule has 0 aliphatic heterocycles. The van der Waals surface area contributed by atoms with Crippen LogP contribution in [0.1, 0.15) is 64.5 Å². The minimum absolute atomic E-state index is 0.0560. The molecule has 1 aromatic carbocycles. The molecule has 1 nitrogen and oxygen atoms in total. The highest BCUT2D eigenvalue weighted by molar-refractivity contribution is 6.30. The van der Waals surface area contributed by atoms with Crippen LogP contribution < -0.4 is 5.32 Å². The minimum atomic E-state index is -0.161. The second-order valence-electron chi connectivity index (χ2n) is 5.43. The highest BCUT2D eigenvalue weighted by Gasteiger charge is 2.19. The molecule has 0 heterocycles. The molecule has 0 amide bonds. The van der Waals surface area contributed by atoms with Crippen LogP contribution in [0, 0.1) is 11.7 Å². The fraction of sp³-hybridized carbons (Fsp3) is 0.647. The fourth-order valence-electron chi connectivity index (χ4n) is 2.66. The van der Waals surface area contributed by atoms with E-state index in [9.17, 15) is 4.39 Å². The summed E-state index contributed by atoms with van der Waals surface area (Å²) in [7, 11) is 0. The van der Waals surface area contributed by atoms with E-state index in [1.54, 1.807) is 12.1 Å². The molecule has 3 heteroatoms. The first kappa shape index (κ1) is 17.5. The van der Waals surface area contributed by atoms with Crippen LogP contribution in [-0.2, 0) is 0 Å². The number of benzene rings is 1. The third-order valence-electron chi connectivity index (χ3n) is 3.90. The molecular weight excluding hydrogens is 273 g/mol. The molecule has 0 aromatic heterocycles. The van der Waals surface area contributed by atoms with Gasteiger partial charge in [-0.25, -0.2) is 4.39 Å². The Kier molecular flexibility index (Phi) is 8.16. The van der Waals surface area contributed by atoms with Crippen molar-refractivity contribution in [3.63, 3.8) is 0 Å². The fourth-order valence-corrected chi connectivity index (χ4v) is 2.84. The quantitative estimate of drug-likeness (QED) is 0.613. The maximum Gasteiger partial charge on any atom is 0.128 e. The van der Waals surface area contributed by atoms with Gasteiger partial charge in [0.1, 0.15) is 5.82 Å².